The van der Waals surface area contributed by atoms with E-state index in [1.54, 1.807) is 39.0 Å². The van der Waals surface area contributed by atoms with Crippen molar-refractivity contribution in [2.45, 2.75) is 43.4 Å². The Bertz CT molecular complexity index is 1250. The minimum atomic E-state index is -3.71. The fraction of sp³-hybridized carbons (Fsp3) is 0.435. The lowest BCUT2D eigenvalue weighted by Crippen LogP contribution is -2.31. The second kappa shape index (κ2) is 9.82. The second-order valence-corrected chi connectivity index (χ2v) is 12.1. The first-order valence-corrected chi connectivity index (χ1v) is 14.3. The number of nitrogens with one attached hydrogen (secondary N) is 1. The molecule has 8 nitrogen and oxygen atoms in total. The molecular formula is C23H31N3O5S2. The van der Waals surface area contributed by atoms with Crippen molar-refractivity contribution in [3.63, 3.8) is 0 Å². The molecule has 33 heavy (non-hydrogen) atoms. The average Bonchev–Trinajstić information content (AvgIpc) is 3.28. The number of amides is 1. The van der Waals surface area contributed by atoms with E-state index in [0.29, 0.717) is 24.3 Å². The minimum absolute atomic E-state index is 0.0517. The summed E-state index contributed by atoms with van der Waals surface area (Å²) < 4.78 is 51.5. The number of carbonyl (C=O) groups is 1. The Hall–Kier alpha value is -2.43. The van der Waals surface area contributed by atoms with Crippen molar-refractivity contribution < 1.29 is 21.6 Å². The molecule has 10 heteroatoms. The monoisotopic (exact) mass is 493 g/mol. The fourth-order valence-corrected chi connectivity index (χ4v) is 6.12. The smallest absolute Gasteiger partial charge is 0.256 e. The fourth-order valence-electron chi connectivity index (χ4n) is 3.99. The third-order valence-corrected chi connectivity index (χ3v) is 9.04. The lowest BCUT2D eigenvalue weighted by atomic mass is 10.1. The SMILES string of the molecule is CCN(CC)S(=O)(=O)c1ccc(N2CCCC2)c(NC(=O)c2cc(S(C)(=O)=O)ccc2C)c1. The molecule has 0 saturated carbocycles. The summed E-state index contributed by atoms with van der Waals surface area (Å²) in [6, 6.07) is 9.22. The highest BCUT2D eigenvalue weighted by molar-refractivity contribution is 7.90. The summed E-state index contributed by atoms with van der Waals surface area (Å²) in [5, 5.41) is 2.85. The Kier molecular flexibility index (Phi) is 7.50. The zero-order valence-corrected chi connectivity index (χ0v) is 21.1. The van der Waals surface area contributed by atoms with Crippen molar-refractivity contribution in [3.05, 3.63) is 47.5 Å². The van der Waals surface area contributed by atoms with Gasteiger partial charge in [0.25, 0.3) is 5.91 Å². The molecule has 0 aromatic heterocycles. The number of rotatable bonds is 8. The number of aryl methyl sites for hydroxylation is 1. The number of hydrogen-bond acceptors (Lipinski definition) is 6. The maximum Gasteiger partial charge on any atom is 0.256 e. The van der Waals surface area contributed by atoms with Crippen molar-refractivity contribution in [1.29, 1.82) is 0 Å². The largest absolute Gasteiger partial charge is 0.370 e. The first-order valence-electron chi connectivity index (χ1n) is 11.0. The number of sulfonamides is 1. The second-order valence-electron chi connectivity index (χ2n) is 8.17. The van der Waals surface area contributed by atoms with E-state index in [1.807, 2.05) is 0 Å². The molecule has 1 saturated heterocycles. The van der Waals surface area contributed by atoms with Crippen LogP contribution in [0.25, 0.3) is 0 Å². The molecule has 0 bridgehead atoms. The summed E-state index contributed by atoms with van der Waals surface area (Å²) in [7, 11) is -7.20. The Morgan fingerprint density at radius 2 is 1.58 bits per heavy atom. The standard InChI is InChI=1S/C23H31N3O5S2/c1-5-26(6-2)33(30,31)19-11-12-22(25-13-7-8-14-25)21(16-19)24-23(27)20-15-18(32(4,28)29)10-9-17(20)3/h9-12,15-16H,5-8,13-14H2,1-4H3,(H,24,27). The molecule has 3 rings (SSSR count). The van der Waals surface area contributed by atoms with Crippen LogP contribution in [0.2, 0.25) is 0 Å². The van der Waals surface area contributed by atoms with Gasteiger partial charge >= 0.3 is 0 Å². The maximum atomic E-state index is 13.2. The summed E-state index contributed by atoms with van der Waals surface area (Å²) in [6.07, 6.45) is 3.12. The third-order valence-electron chi connectivity index (χ3n) is 5.89. The van der Waals surface area contributed by atoms with Gasteiger partial charge in [0.15, 0.2) is 9.84 Å². The summed E-state index contributed by atoms with van der Waals surface area (Å²) >= 11 is 0. The van der Waals surface area contributed by atoms with E-state index in [0.717, 1.165) is 37.9 Å². The molecule has 1 heterocycles. The number of hydrogen-bond donors (Lipinski definition) is 1. The van der Waals surface area contributed by atoms with Gasteiger partial charge in [0, 0.05) is 38.0 Å². The van der Waals surface area contributed by atoms with E-state index in [-0.39, 0.29) is 15.4 Å². The molecule has 1 aliphatic heterocycles. The molecule has 2 aromatic rings. The third kappa shape index (κ3) is 5.39. The Morgan fingerprint density at radius 1 is 0.970 bits per heavy atom. The lowest BCUT2D eigenvalue weighted by Gasteiger charge is -2.24. The van der Waals surface area contributed by atoms with Crippen LogP contribution in [0.1, 0.15) is 42.6 Å². The van der Waals surface area contributed by atoms with Gasteiger partial charge in [-0.2, -0.15) is 4.31 Å². The Morgan fingerprint density at radius 3 is 2.15 bits per heavy atom. The lowest BCUT2D eigenvalue weighted by molar-refractivity contribution is 0.102. The summed E-state index contributed by atoms with van der Waals surface area (Å²) in [5.41, 5.74) is 1.98. The molecule has 0 radical (unpaired) electrons. The van der Waals surface area contributed by atoms with Crippen LogP contribution in [0.5, 0.6) is 0 Å². The van der Waals surface area contributed by atoms with Crippen LogP contribution >= 0.6 is 0 Å². The summed E-state index contributed by atoms with van der Waals surface area (Å²) in [4.78, 5) is 15.5. The molecular weight excluding hydrogens is 462 g/mol. The Labute approximate surface area is 196 Å². The highest BCUT2D eigenvalue weighted by Gasteiger charge is 2.25. The van der Waals surface area contributed by atoms with Crippen LogP contribution in [0.4, 0.5) is 11.4 Å². The van der Waals surface area contributed by atoms with Crippen molar-refractivity contribution in [2.24, 2.45) is 0 Å². The van der Waals surface area contributed by atoms with Crippen molar-refractivity contribution in [2.75, 3.05) is 42.7 Å². The molecule has 0 spiro atoms. The van der Waals surface area contributed by atoms with Gasteiger partial charge in [-0.25, -0.2) is 16.8 Å². The van der Waals surface area contributed by atoms with E-state index >= 15 is 0 Å². The highest BCUT2D eigenvalue weighted by Crippen LogP contribution is 2.33. The van der Waals surface area contributed by atoms with Crippen LogP contribution in [0.15, 0.2) is 46.2 Å². The molecule has 0 atom stereocenters. The minimum Gasteiger partial charge on any atom is -0.370 e. The van der Waals surface area contributed by atoms with E-state index in [1.165, 1.54) is 22.5 Å². The maximum absolute atomic E-state index is 13.2. The predicted octanol–water partition coefficient (Wildman–Crippen LogP) is 3.28. The molecule has 0 aliphatic carbocycles. The van der Waals surface area contributed by atoms with Crippen molar-refractivity contribution in [1.82, 2.24) is 4.31 Å². The molecule has 1 N–H and O–H groups in total. The van der Waals surface area contributed by atoms with E-state index < -0.39 is 25.8 Å². The van der Waals surface area contributed by atoms with Crippen LogP contribution in [0, 0.1) is 6.92 Å². The van der Waals surface area contributed by atoms with Crippen LogP contribution < -0.4 is 10.2 Å². The summed E-state index contributed by atoms with van der Waals surface area (Å²) in [6.45, 7) is 7.59. The number of anilines is 2. The van der Waals surface area contributed by atoms with Gasteiger partial charge in [0.1, 0.15) is 0 Å². The van der Waals surface area contributed by atoms with Gasteiger partial charge in [0.2, 0.25) is 10.0 Å². The van der Waals surface area contributed by atoms with Crippen LogP contribution in [-0.2, 0) is 19.9 Å². The molecule has 1 amide bonds. The van der Waals surface area contributed by atoms with Gasteiger partial charge in [0.05, 0.1) is 21.2 Å². The van der Waals surface area contributed by atoms with Crippen LogP contribution in [-0.4, -0.2) is 59.5 Å². The summed E-state index contributed by atoms with van der Waals surface area (Å²) in [5.74, 6) is -0.490. The molecule has 1 fully saturated rings. The van der Waals surface area contributed by atoms with Crippen molar-refractivity contribution in [3.8, 4) is 0 Å². The Balaban J connectivity index is 2.06. The zero-order valence-electron chi connectivity index (χ0n) is 19.5. The quantitative estimate of drug-likeness (QED) is 0.605. The number of sulfone groups is 1. The predicted molar refractivity (Wildman–Crippen MR) is 130 cm³/mol. The van der Waals surface area contributed by atoms with Gasteiger partial charge in [-0.05, 0) is 55.7 Å². The van der Waals surface area contributed by atoms with E-state index in [2.05, 4.69) is 10.2 Å². The molecule has 180 valence electrons. The van der Waals surface area contributed by atoms with Gasteiger partial charge in [-0.3, -0.25) is 4.79 Å². The van der Waals surface area contributed by atoms with E-state index in [9.17, 15) is 21.6 Å². The number of carbonyl (C=O) groups excluding carboxylic acids is 1. The molecule has 0 unspecified atom stereocenters. The molecule has 2 aromatic carbocycles. The van der Waals surface area contributed by atoms with Crippen molar-refractivity contribution >= 4 is 37.1 Å². The topological polar surface area (TPSA) is 104 Å². The number of benzene rings is 2. The van der Waals surface area contributed by atoms with Gasteiger partial charge < -0.3 is 10.2 Å². The number of nitrogens with zero attached hydrogens (tertiary/aromatic N) is 2. The molecule has 1 aliphatic rings. The first-order chi connectivity index (χ1) is 15.5. The van der Waals surface area contributed by atoms with E-state index in [4.69, 9.17) is 0 Å². The first kappa shape index (κ1) is 25.2. The highest BCUT2D eigenvalue weighted by atomic mass is 32.2. The normalized spacial score (nSPS) is 14.6. The van der Waals surface area contributed by atoms with Gasteiger partial charge in [-0.15, -0.1) is 0 Å². The zero-order chi connectivity index (χ0) is 24.4. The van der Waals surface area contributed by atoms with Gasteiger partial charge in [-0.1, -0.05) is 19.9 Å². The van der Waals surface area contributed by atoms with Crippen LogP contribution in [0.3, 0.4) is 0 Å². The average molecular weight is 494 g/mol.